The van der Waals surface area contributed by atoms with Gasteiger partial charge in [-0.1, -0.05) is 20.8 Å². The van der Waals surface area contributed by atoms with Crippen LogP contribution in [-0.2, 0) is 0 Å². The van der Waals surface area contributed by atoms with Gasteiger partial charge in [0.2, 0.25) is 0 Å². The summed E-state index contributed by atoms with van der Waals surface area (Å²) in [5.74, 6) is 0.481. The van der Waals surface area contributed by atoms with Crippen LogP contribution in [0.5, 0.6) is 0 Å². The molecule has 0 amide bonds. The van der Waals surface area contributed by atoms with Crippen molar-refractivity contribution in [2.75, 3.05) is 32.7 Å². The fraction of sp³-hybridized carbons (Fsp3) is 1.00. The average Bonchev–Trinajstić information content (AvgIpc) is 2.86. The quantitative estimate of drug-likeness (QED) is 0.632. The molecule has 0 aromatic carbocycles. The molecule has 3 heteroatoms. The van der Waals surface area contributed by atoms with Gasteiger partial charge in [0.15, 0.2) is 0 Å². The Hall–Kier alpha value is -0.120. The molecule has 0 saturated carbocycles. The van der Waals surface area contributed by atoms with Crippen molar-refractivity contribution < 1.29 is 5.11 Å². The second kappa shape index (κ2) is 8.23. The first kappa shape index (κ1) is 16.9. The lowest BCUT2D eigenvalue weighted by Gasteiger charge is -2.36. The summed E-state index contributed by atoms with van der Waals surface area (Å²) in [5.41, 5.74) is 0.406. The smallest absolute Gasteiger partial charge is 0.0552 e. The first-order valence-electron chi connectivity index (χ1n) is 8.18. The zero-order chi connectivity index (χ0) is 14.3. The lowest BCUT2D eigenvalue weighted by Crippen LogP contribution is -2.43. The molecule has 19 heavy (non-hydrogen) atoms. The molecule has 0 bridgehead atoms. The van der Waals surface area contributed by atoms with Crippen LogP contribution >= 0.6 is 0 Å². The number of likely N-dealkylation sites (tertiary alicyclic amines) is 1. The molecule has 114 valence electrons. The minimum Gasteiger partial charge on any atom is -0.393 e. The summed E-state index contributed by atoms with van der Waals surface area (Å²) in [4.78, 5) is 2.57. The molecule has 0 spiro atoms. The Morgan fingerprint density at radius 1 is 1.32 bits per heavy atom. The highest BCUT2D eigenvalue weighted by Crippen LogP contribution is 2.30. The molecular weight excluding hydrogens is 236 g/mol. The van der Waals surface area contributed by atoms with Gasteiger partial charge in [-0.2, -0.15) is 0 Å². The Kier molecular flexibility index (Phi) is 7.33. The third kappa shape index (κ3) is 5.05. The lowest BCUT2D eigenvalue weighted by atomic mass is 9.81. The largest absolute Gasteiger partial charge is 0.393 e. The predicted molar refractivity (Wildman–Crippen MR) is 82.4 cm³/mol. The molecular formula is C16H34N2O. The molecule has 0 aromatic rings. The summed E-state index contributed by atoms with van der Waals surface area (Å²) in [6.45, 7) is 14.5. The van der Waals surface area contributed by atoms with E-state index < -0.39 is 0 Å². The van der Waals surface area contributed by atoms with Crippen molar-refractivity contribution in [3.63, 3.8) is 0 Å². The van der Waals surface area contributed by atoms with E-state index in [4.69, 9.17) is 0 Å². The number of aliphatic hydroxyl groups excluding tert-OH is 1. The second-order valence-electron chi connectivity index (χ2n) is 6.41. The van der Waals surface area contributed by atoms with Gasteiger partial charge in [0.05, 0.1) is 6.10 Å². The van der Waals surface area contributed by atoms with E-state index in [0.29, 0.717) is 11.3 Å². The highest BCUT2D eigenvalue weighted by Gasteiger charge is 2.33. The fourth-order valence-corrected chi connectivity index (χ4v) is 3.18. The van der Waals surface area contributed by atoms with Gasteiger partial charge in [-0.3, -0.25) is 0 Å². The van der Waals surface area contributed by atoms with Crippen LogP contribution in [-0.4, -0.2) is 48.8 Å². The van der Waals surface area contributed by atoms with Crippen LogP contribution < -0.4 is 5.32 Å². The van der Waals surface area contributed by atoms with Gasteiger partial charge in [-0.15, -0.1) is 0 Å². The highest BCUT2D eigenvalue weighted by atomic mass is 16.3. The van der Waals surface area contributed by atoms with E-state index in [0.717, 1.165) is 32.6 Å². The van der Waals surface area contributed by atoms with Gasteiger partial charge in [0.25, 0.3) is 0 Å². The molecule has 1 fully saturated rings. The van der Waals surface area contributed by atoms with Crippen molar-refractivity contribution in [3.8, 4) is 0 Å². The average molecular weight is 270 g/mol. The highest BCUT2D eigenvalue weighted by molar-refractivity contribution is 4.87. The van der Waals surface area contributed by atoms with Crippen molar-refractivity contribution in [2.45, 2.75) is 59.5 Å². The summed E-state index contributed by atoms with van der Waals surface area (Å²) in [6.07, 6.45) is 4.67. The summed E-state index contributed by atoms with van der Waals surface area (Å²) in [5, 5.41) is 13.3. The minimum atomic E-state index is -0.152. The number of rotatable bonds is 9. The van der Waals surface area contributed by atoms with Crippen LogP contribution in [0.4, 0.5) is 0 Å². The van der Waals surface area contributed by atoms with Crippen LogP contribution in [0.15, 0.2) is 0 Å². The standard InChI is InChI=1S/C16H34N2O/c1-5-9-17-12-16(6-2,7-3)13-18-10-8-15(11-18)14(4)19/h14-15,17,19H,5-13H2,1-4H3. The van der Waals surface area contributed by atoms with Crippen molar-refractivity contribution >= 4 is 0 Å². The molecule has 1 rings (SSSR count). The minimum absolute atomic E-state index is 0.152. The summed E-state index contributed by atoms with van der Waals surface area (Å²) in [7, 11) is 0. The predicted octanol–water partition coefficient (Wildman–Crippen LogP) is 2.50. The normalized spacial score (nSPS) is 22.9. The maximum Gasteiger partial charge on any atom is 0.0552 e. The van der Waals surface area contributed by atoms with Gasteiger partial charge in [0.1, 0.15) is 0 Å². The monoisotopic (exact) mass is 270 g/mol. The second-order valence-corrected chi connectivity index (χ2v) is 6.41. The van der Waals surface area contributed by atoms with Gasteiger partial charge in [0, 0.05) is 19.6 Å². The van der Waals surface area contributed by atoms with Crippen LogP contribution in [0.25, 0.3) is 0 Å². The molecule has 0 radical (unpaired) electrons. The van der Waals surface area contributed by atoms with Crippen molar-refractivity contribution in [3.05, 3.63) is 0 Å². The van der Waals surface area contributed by atoms with E-state index in [1.54, 1.807) is 0 Å². The molecule has 1 heterocycles. The lowest BCUT2D eigenvalue weighted by molar-refractivity contribution is 0.113. The fourth-order valence-electron chi connectivity index (χ4n) is 3.18. The Labute approximate surface area is 119 Å². The van der Waals surface area contributed by atoms with Gasteiger partial charge < -0.3 is 15.3 Å². The summed E-state index contributed by atoms with van der Waals surface area (Å²) in [6, 6.07) is 0. The summed E-state index contributed by atoms with van der Waals surface area (Å²) >= 11 is 0. The topological polar surface area (TPSA) is 35.5 Å². The number of nitrogens with zero attached hydrogens (tertiary/aromatic N) is 1. The van der Waals surface area contributed by atoms with Gasteiger partial charge >= 0.3 is 0 Å². The van der Waals surface area contributed by atoms with E-state index in [2.05, 4.69) is 31.0 Å². The molecule has 0 aliphatic carbocycles. The molecule has 1 aliphatic heterocycles. The summed E-state index contributed by atoms with van der Waals surface area (Å²) < 4.78 is 0. The third-order valence-electron chi connectivity index (χ3n) is 4.98. The number of nitrogens with one attached hydrogen (secondary N) is 1. The van der Waals surface area contributed by atoms with Crippen molar-refractivity contribution in [2.24, 2.45) is 11.3 Å². The molecule has 1 aliphatic rings. The number of hydrogen-bond donors (Lipinski definition) is 2. The zero-order valence-electron chi connectivity index (χ0n) is 13.4. The van der Waals surface area contributed by atoms with Crippen LogP contribution in [0.2, 0.25) is 0 Å². The molecule has 1 saturated heterocycles. The Bertz CT molecular complexity index is 239. The van der Waals surface area contributed by atoms with Crippen molar-refractivity contribution in [1.29, 1.82) is 0 Å². The zero-order valence-corrected chi connectivity index (χ0v) is 13.4. The Balaban J connectivity index is 2.49. The van der Waals surface area contributed by atoms with Gasteiger partial charge in [-0.25, -0.2) is 0 Å². The van der Waals surface area contributed by atoms with Crippen molar-refractivity contribution in [1.82, 2.24) is 10.2 Å². The molecule has 3 nitrogen and oxygen atoms in total. The Morgan fingerprint density at radius 2 is 2.00 bits per heavy atom. The van der Waals surface area contributed by atoms with E-state index in [-0.39, 0.29) is 6.10 Å². The maximum atomic E-state index is 9.72. The molecule has 2 unspecified atom stereocenters. The van der Waals surface area contributed by atoms with E-state index in [1.165, 1.54) is 25.8 Å². The van der Waals surface area contributed by atoms with E-state index in [9.17, 15) is 5.11 Å². The van der Waals surface area contributed by atoms with E-state index >= 15 is 0 Å². The van der Waals surface area contributed by atoms with Crippen LogP contribution in [0.1, 0.15) is 53.4 Å². The molecule has 0 aromatic heterocycles. The molecule has 2 atom stereocenters. The SMILES string of the molecule is CCCNCC(CC)(CC)CN1CCC(C(C)O)C1. The number of hydrogen-bond acceptors (Lipinski definition) is 3. The Morgan fingerprint density at radius 3 is 2.47 bits per heavy atom. The van der Waals surface area contributed by atoms with Crippen LogP contribution in [0.3, 0.4) is 0 Å². The first-order chi connectivity index (χ1) is 9.06. The first-order valence-corrected chi connectivity index (χ1v) is 8.18. The third-order valence-corrected chi connectivity index (χ3v) is 4.98. The maximum absolute atomic E-state index is 9.72. The number of aliphatic hydroxyl groups is 1. The molecule has 2 N–H and O–H groups in total. The van der Waals surface area contributed by atoms with Gasteiger partial charge in [-0.05, 0) is 57.0 Å². The van der Waals surface area contributed by atoms with Crippen LogP contribution in [0, 0.1) is 11.3 Å². The van der Waals surface area contributed by atoms with E-state index in [1.807, 2.05) is 6.92 Å².